The van der Waals surface area contributed by atoms with Crippen molar-refractivity contribution in [3.8, 4) is 22.3 Å². The highest BCUT2D eigenvalue weighted by Crippen LogP contribution is 2.46. The van der Waals surface area contributed by atoms with E-state index in [9.17, 15) is 0 Å². The SMILES string of the molecule is c1ccc2c(c1)sc1cc(-c3c4ccccc4c(-c4ccc5oc6cc7occc7cc6c5c4)c4ccccc34)ccc12. The van der Waals surface area contributed by atoms with Crippen molar-refractivity contribution in [1.29, 1.82) is 0 Å². The highest BCUT2D eigenvalue weighted by molar-refractivity contribution is 7.25. The van der Waals surface area contributed by atoms with Crippen molar-refractivity contribution >= 4 is 86.0 Å². The van der Waals surface area contributed by atoms with Gasteiger partial charge in [0.1, 0.15) is 16.7 Å². The quantitative estimate of drug-likeness (QED) is 0.195. The van der Waals surface area contributed by atoms with Gasteiger partial charge in [-0.3, -0.25) is 0 Å². The van der Waals surface area contributed by atoms with Gasteiger partial charge in [-0.2, -0.15) is 0 Å². The van der Waals surface area contributed by atoms with Crippen molar-refractivity contribution in [3.63, 3.8) is 0 Å². The molecule has 3 aromatic heterocycles. The van der Waals surface area contributed by atoms with Gasteiger partial charge in [0.15, 0.2) is 0 Å². The molecular weight excluding hydrogens is 545 g/mol. The molecule has 0 radical (unpaired) electrons. The van der Waals surface area contributed by atoms with Crippen molar-refractivity contribution in [2.75, 3.05) is 0 Å². The van der Waals surface area contributed by atoms with E-state index in [0.717, 1.165) is 32.9 Å². The van der Waals surface area contributed by atoms with Crippen LogP contribution < -0.4 is 0 Å². The van der Waals surface area contributed by atoms with Crippen LogP contribution in [-0.2, 0) is 0 Å². The molecule has 0 aliphatic carbocycles. The first-order chi connectivity index (χ1) is 21.3. The molecule has 0 amide bonds. The van der Waals surface area contributed by atoms with Crippen LogP contribution in [0.15, 0.2) is 142 Å². The zero-order valence-corrected chi connectivity index (χ0v) is 23.7. The van der Waals surface area contributed by atoms with Crippen molar-refractivity contribution in [2.45, 2.75) is 0 Å². The van der Waals surface area contributed by atoms with Crippen LogP contribution in [0.4, 0.5) is 0 Å². The fourth-order valence-corrected chi connectivity index (χ4v) is 8.17. The molecule has 0 aliphatic heterocycles. The number of rotatable bonds is 2. The smallest absolute Gasteiger partial charge is 0.139 e. The fourth-order valence-electron chi connectivity index (χ4n) is 7.02. The van der Waals surface area contributed by atoms with E-state index < -0.39 is 0 Å². The Labute approximate surface area is 250 Å². The first-order valence-electron chi connectivity index (χ1n) is 14.5. The molecule has 0 unspecified atom stereocenters. The Morgan fingerprint density at radius 2 is 1.00 bits per heavy atom. The lowest BCUT2D eigenvalue weighted by atomic mass is 9.85. The maximum atomic E-state index is 6.27. The summed E-state index contributed by atoms with van der Waals surface area (Å²) in [7, 11) is 0. The van der Waals surface area contributed by atoms with E-state index in [1.54, 1.807) is 6.26 Å². The van der Waals surface area contributed by atoms with Crippen LogP contribution in [0.3, 0.4) is 0 Å². The molecule has 0 fully saturated rings. The molecule has 0 aliphatic rings. The average molecular weight is 567 g/mol. The van der Waals surface area contributed by atoms with Gasteiger partial charge >= 0.3 is 0 Å². The largest absolute Gasteiger partial charge is 0.464 e. The van der Waals surface area contributed by atoms with E-state index in [1.807, 2.05) is 23.5 Å². The summed E-state index contributed by atoms with van der Waals surface area (Å²) in [5.74, 6) is 0. The predicted molar refractivity (Wildman–Crippen MR) is 182 cm³/mol. The summed E-state index contributed by atoms with van der Waals surface area (Å²) >= 11 is 1.87. The minimum atomic E-state index is 0.841. The van der Waals surface area contributed by atoms with Crippen LogP contribution in [0.2, 0.25) is 0 Å². The summed E-state index contributed by atoms with van der Waals surface area (Å²) in [5, 5.41) is 11.0. The van der Waals surface area contributed by atoms with Gasteiger partial charge in [0.05, 0.1) is 6.26 Å². The normalized spacial score (nSPS) is 12.2. The van der Waals surface area contributed by atoms with Gasteiger partial charge in [0.2, 0.25) is 0 Å². The zero-order valence-electron chi connectivity index (χ0n) is 22.9. The predicted octanol–water partition coefficient (Wildman–Crippen LogP) is 12.3. The van der Waals surface area contributed by atoms with Crippen LogP contribution in [0.1, 0.15) is 0 Å². The average Bonchev–Trinajstić information content (AvgIpc) is 3.76. The summed E-state index contributed by atoms with van der Waals surface area (Å²) in [5.41, 5.74) is 7.53. The Kier molecular flexibility index (Phi) is 4.63. The summed E-state index contributed by atoms with van der Waals surface area (Å²) in [6.07, 6.45) is 1.73. The Morgan fingerprint density at radius 1 is 0.395 bits per heavy atom. The zero-order chi connectivity index (χ0) is 28.1. The van der Waals surface area contributed by atoms with Crippen molar-refractivity contribution in [2.24, 2.45) is 0 Å². The molecule has 2 nitrogen and oxygen atoms in total. The maximum absolute atomic E-state index is 6.27. The topological polar surface area (TPSA) is 26.3 Å². The standard InChI is InChI=1S/C40H22O2S/c1-3-10-30-28(8-1)39(24-14-16-34-32(20-24)33-19-23-17-18-41-35(23)22-36(33)42-34)29-9-2-4-11-31(29)40(30)25-13-15-27-26-7-5-6-12-37(26)43-38(27)21-25/h1-22H. The lowest BCUT2D eigenvalue weighted by Gasteiger charge is -2.18. The van der Waals surface area contributed by atoms with Crippen LogP contribution >= 0.6 is 11.3 Å². The number of hydrogen-bond acceptors (Lipinski definition) is 3. The highest BCUT2D eigenvalue weighted by Gasteiger charge is 2.19. The molecule has 0 atom stereocenters. The molecule has 0 saturated carbocycles. The molecule has 3 heteroatoms. The highest BCUT2D eigenvalue weighted by atomic mass is 32.1. The third-order valence-electron chi connectivity index (χ3n) is 8.93. The van der Waals surface area contributed by atoms with Crippen molar-refractivity contribution < 1.29 is 8.83 Å². The molecule has 0 spiro atoms. The maximum Gasteiger partial charge on any atom is 0.139 e. The summed E-state index contributed by atoms with van der Waals surface area (Å²) in [6, 6.07) is 46.2. The van der Waals surface area contributed by atoms with E-state index in [4.69, 9.17) is 8.83 Å². The fraction of sp³-hybridized carbons (Fsp3) is 0. The Hall–Kier alpha value is -5.38. The lowest BCUT2D eigenvalue weighted by molar-refractivity contribution is 0.613. The summed E-state index contributed by atoms with van der Waals surface area (Å²) in [6.45, 7) is 0. The molecule has 10 aromatic rings. The first kappa shape index (κ1) is 23.2. The number of fused-ring (bicyclic) bond motifs is 9. The first-order valence-corrected chi connectivity index (χ1v) is 15.3. The molecule has 200 valence electrons. The van der Waals surface area contributed by atoms with E-state index in [-0.39, 0.29) is 0 Å². The second kappa shape index (κ2) is 8.57. The molecule has 3 heterocycles. The van der Waals surface area contributed by atoms with Crippen LogP contribution in [-0.4, -0.2) is 0 Å². The van der Waals surface area contributed by atoms with Gasteiger partial charge in [-0.05, 0) is 80.2 Å². The molecule has 10 rings (SSSR count). The van der Waals surface area contributed by atoms with Crippen molar-refractivity contribution in [3.05, 3.63) is 134 Å². The monoisotopic (exact) mass is 566 g/mol. The molecule has 0 bridgehead atoms. The molecular formula is C40H22O2S. The van der Waals surface area contributed by atoms with Gasteiger partial charge in [0, 0.05) is 42.4 Å². The van der Waals surface area contributed by atoms with Gasteiger partial charge in [-0.1, -0.05) is 84.9 Å². The third kappa shape index (κ3) is 3.28. The second-order valence-corrected chi connectivity index (χ2v) is 12.4. The van der Waals surface area contributed by atoms with Gasteiger partial charge < -0.3 is 8.83 Å². The second-order valence-electron chi connectivity index (χ2n) is 11.3. The van der Waals surface area contributed by atoms with E-state index in [1.165, 1.54) is 64.0 Å². The Morgan fingerprint density at radius 3 is 1.74 bits per heavy atom. The molecule has 0 N–H and O–H groups in total. The Bertz CT molecular complexity index is 2680. The number of benzene rings is 7. The summed E-state index contributed by atoms with van der Waals surface area (Å²) in [4.78, 5) is 0. The number of thiophene rings is 1. The van der Waals surface area contributed by atoms with Gasteiger partial charge in [-0.25, -0.2) is 0 Å². The lowest BCUT2D eigenvalue weighted by Crippen LogP contribution is -1.90. The van der Waals surface area contributed by atoms with Gasteiger partial charge in [0.25, 0.3) is 0 Å². The Balaban J connectivity index is 1.27. The molecule has 43 heavy (non-hydrogen) atoms. The molecule has 7 aromatic carbocycles. The van der Waals surface area contributed by atoms with Crippen molar-refractivity contribution in [1.82, 2.24) is 0 Å². The summed E-state index contributed by atoms with van der Waals surface area (Å²) < 4.78 is 14.6. The third-order valence-corrected chi connectivity index (χ3v) is 10.1. The minimum absolute atomic E-state index is 0.841. The number of hydrogen-bond donors (Lipinski definition) is 0. The van der Waals surface area contributed by atoms with E-state index in [0.29, 0.717) is 0 Å². The van der Waals surface area contributed by atoms with E-state index >= 15 is 0 Å². The molecule has 0 saturated heterocycles. The van der Waals surface area contributed by atoms with Crippen LogP contribution in [0.5, 0.6) is 0 Å². The number of furan rings is 2. The minimum Gasteiger partial charge on any atom is -0.464 e. The van der Waals surface area contributed by atoms with Gasteiger partial charge in [-0.15, -0.1) is 11.3 Å². The van der Waals surface area contributed by atoms with E-state index in [2.05, 4.69) is 115 Å². The van der Waals surface area contributed by atoms with Crippen LogP contribution in [0.25, 0.3) is 96.9 Å². The van der Waals surface area contributed by atoms with Crippen LogP contribution in [0, 0.1) is 0 Å².